The highest BCUT2D eigenvalue weighted by atomic mass is 79.9. The van der Waals surface area contributed by atoms with Gasteiger partial charge in [0, 0.05) is 5.69 Å². The first-order valence-electron chi connectivity index (χ1n) is 4.81. The SMILES string of the molecule is NNc1ncnc(Nc2ccc(Cl)c(F)c2)c1Br. The molecule has 2 aromatic rings. The number of nitrogens with one attached hydrogen (secondary N) is 2. The van der Waals surface area contributed by atoms with E-state index in [2.05, 4.69) is 36.6 Å². The fourth-order valence-electron chi connectivity index (χ4n) is 1.27. The predicted molar refractivity (Wildman–Crippen MR) is 72.2 cm³/mol. The van der Waals surface area contributed by atoms with Gasteiger partial charge in [-0.05, 0) is 34.1 Å². The Balaban J connectivity index is 2.31. The summed E-state index contributed by atoms with van der Waals surface area (Å²) in [6.07, 6.45) is 1.33. The topological polar surface area (TPSA) is 75.9 Å². The molecular formula is C10H8BrClFN5. The van der Waals surface area contributed by atoms with E-state index in [1.165, 1.54) is 18.5 Å². The molecule has 0 bridgehead atoms. The maximum atomic E-state index is 13.3. The fraction of sp³-hybridized carbons (Fsp3) is 0. The fourth-order valence-corrected chi connectivity index (χ4v) is 1.80. The van der Waals surface area contributed by atoms with Gasteiger partial charge in [0.1, 0.15) is 22.4 Å². The van der Waals surface area contributed by atoms with Crippen molar-refractivity contribution in [2.24, 2.45) is 5.84 Å². The molecule has 18 heavy (non-hydrogen) atoms. The molecule has 0 saturated carbocycles. The molecule has 0 fully saturated rings. The minimum Gasteiger partial charge on any atom is -0.339 e. The van der Waals surface area contributed by atoms with E-state index in [0.717, 1.165) is 0 Å². The molecule has 1 aromatic carbocycles. The Bertz CT molecular complexity index is 580. The number of nitrogen functional groups attached to an aromatic ring is 1. The molecule has 8 heteroatoms. The Morgan fingerprint density at radius 3 is 2.67 bits per heavy atom. The van der Waals surface area contributed by atoms with E-state index in [1.807, 2.05) is 0 Å². The number of hydrogen-bond acceptors (Lipinski definition) is 5. The predicted octanol–water partition coefficient (Wildman–Crippen LogP) is 3.06. The smallest absolute Gasteiger partial charge is 0.159 e. The number of rotatable bonds is 3. The van der Waals surface area contributed by atoms with Crippen LogP contribution in [0.2, 0.25) is 5.02 Å². The molecule has 1 aromatic heterocycles. The monoisotopic (exact) mass is 331 g/mol. The summed E-state index contributed by atoms with van der Waals surface area (Å²) in [6.45, 7) is 0. The zero-order valence-electron chi connectivity index (χ0n) is 8.92. The summed E-state index contributed by atoms with van der Waals surface area (Å²) in [6, 6.07) is 4.36. The third-order valence-corrected chi connectivity index (χ3v) is 3.17. The van der Waals surface area contributed by atoms with Crippen molar-refractivity contribution in [2.45, 2.75) is 0 Å². The van der Waals surface area contributed by atoms with Crippen LogP contribution >= 0.6 is 27.5 Å². The molecule has 1 heterocycles. The van der Waals surface area contributed by atoms with Crippen LogP contribution in [0.25, 0.3) is 0 Å². The van der Waals surface area contributed by atoms with Crippen molar-refractivity contribution >= 4 is 44.9 Å². The van der Waals surface area contributed by atoms with E-state index in [0.29, 0.717) is 21.8 Å². The molecular weight excluding hydrogens is 324 g/mol. The summed E-state index contributed by atoms with van der Waals surface area (Å²) in [5.41, 5.74) is 2.92. The van der Waals surface area contributed by atoms with Gasteiger partial charge in [-0.1, -0.05) is 11.6 Å². The molecule has 0 spiro atoms. The van der Waals surface area contributed by atoms with Gasteiger partial charge in [0.15, 0.2) is 5.82 Å². The van der Waals surface area contributed by atoms with Crippen molar-refractivity contribution in [3.8, 4) is 0 Å². The average Bonchev–Trinajstić information content (AvgIpc) is 2.36. The summed E-state index contributed by atoms with van der Waals surface area (Å²) < 4.78 is 13.8. The second-order valence-corrected chi connectivity index (χ2v) is 4.48. The highest BCUT2D eigenvalue weighted by Crippen LogP contribution is 2.29. The molecule has 0 aliphatic heterocycles. The van der Waals surface area contributed by atoms with Gasteiger partial charge >= 0.3 is 0 Å². The number of nitrogens with two attached hydrogens (primary N) is 1. The number of nitrogens with zero attached hydrogens (tertiary/aromatic N) is 2. The van der Waals surface area contributed by atoms with E-state index in [4.69, 9.17) is 17.4 Å². The quantitative estimate of drug-likeness (QED) is 0.595. The van der Waals surface area contributed by atoms with Crippen LogP contribution < -0.4 is 16.6 Å². The zero-order chi connectivity index (χ0) is 13.1. The number of hydrazine groups is 1. The molecule has 4 N–H and O–H groups in total. The summed E-state index contributed by atoms with van der Waals surface area (Å²) in [5.74, 6) is 5.65. The van der Waals surface area contributed by atoms with Crippen LogP contribution in [-0.4, -0.2) is 9.97 Å². The molecule has 0 aliphatic rings. The molecule has 2 rings (SSSR count). The maximum absolute atomic E-state index is 13.3. The van der Waals surface area contributed by atoms with Crippen LogP contribution in [-0.2, 0) is 0 Å². The minimum absolute atomic E-state index is 0.0617. The molecule has 0 radical (unpaired) electrons. The van der Waals surface area contributed by atoms with Crippen molar-refractivity contribution in [1.29, 1.82) is 0 Å². The largest absolute Gasteiger partial charge is 0.339 e. The third-order valence-electron chi connectivity index (χ3n) is 2.11. The molecule has 0 unspecified atom stereocenters. The summed E-state index contributed by atoms with van der Waals surface area (Å²) in [7, 11) is 0. The van der Waals surface area contributed by atoms with E-state index in [-0.39, 0.29) is 5.02 Å². The van der Waals surface area contributed by atoms with E-state index in [9.17, 15) is 4.39 Å². The number of hydrogen-bond donors (Lipinski definition) is 3. The van der Waals surface area contributed by atoms with Crippen LogP contribution in [0, 0.1) is 5.82 Å². The van der Waals surface area contributed by atoms with Crippen LogP contribution in [0.3, 0.4) is 0 Å². The lowest BCUT2D eigenvalue weighted by atomic mass is 10.3. The Labute approximate surface area is 116 Å². The Morgan fingerprint density at radius 2 is 2.00 bits per heavy atom. The summed E-state index contributed by atoms with van der Waals surface area (Å²) in [5, 5.41) is 2.98. The minimum atomic E-state index is -0.510. The molecule has 94 valence electrons. The molecule has 5 nitrogen and oxygen atoms in total. The number of benzene rings is 1. The van der Waals surface area contributed by atoms with Crippen molar-refractivity contribution in [3.63, 3.8) is 0 Å². The lowest BCUT2D eigenvalue weighted by Gasteiger charge is -2.10. The van der Waals surface area contributed by atoms with Crippen LogP contribution in [0.4, 0.5) is 21.7 Å². The Morgan fingerprint density at radius 1 is 1.28 bits per heavy atom. The van der Waals surface area contributed by atoms with E-state index >= 15 is 0 Å². The second kappa shape index (κ2) is 5.47. The van der Waals surface area contributed by atoms with Crippen LogP contribution in [0.1, 0.15) is 0 Å². The van der Waals surface area contributed by atoms with Gasteiger partial charge in [0.05, 0.1) is 5.02 Å². The van der Waals surface area contributed by atoms with Crippen LogP contribution in [0.15, 0.2) is 29.0 Å². The molecule has 0 saturated heterocycles. The van der Waals surface area contributed by atoms with Crippen LogP contribution in [0.5, 0.6) is 0 Å². The number of halogens is 3. The first-order chi connectivity index (χ1) is 8.61. The summed E-state index contributed by atoms with van der Waals surface area (Å²) >= 11 is 8.88. The van der Waals surface area contributed by atoms with Crippen molar-refractivity contribution < 1.29 is 4.39 Å². The van der Waals surface area contributed by atoms with E-state index in [1.54, 1.807) is 6.07 Å². The van der Waals surface area contributed by atoms with Gasteiger partial charge in [-0.2, -0.15) is 0 Å². The first-order valence-corrected chi connectivity index (χ1v) is 5.98. The Kier molecular flexibility index (Phi) is 3.95. The van der Waals surface area contributed by atoms with Crippen molar-refractivity contribution in [3.05, 3.63) is 39.8 Å². The van der Waals surface area contributed by atoms with Crippen molar-refractivity contribution in [2.75, 3.05) is 10.7 Å². The van der Waals surface area contributed by atoms with Gasteiger partial charge in [-0.3, -0.25) is 0 Å². The lowest BCUT2D eigenvalue weighted by molar-refractivity contribution is 0.629. The van der Waals surface area contributed by atoms with Gasteiger partial charge in [0.25, 0.3) is 0 Å². The standard InChI is InChI=1S/C10H8BrClFN5/c11-8-9(15-4-16-10(8)18-14)17-5-1-2-6(12)7(13)3-5/h1-4H,14H2,(H2,15,16,17,18). The maximum Gasteiger partial charge on any atom is 0.159 e. The lowest BCUT2D eigenvalue weighted by Crippen LogP contribution is -2.10. The number of aromatic nitrogens is 2. The number of anilines is 3. The average molecular weight is 333 g/mol. The van der Waals surface area contributed by atoms with Crippen molar-refractivity contribution in [1.82, 2.24) is 9.97 Å². The first kappa shape index (κ1) is 13.0. The van der Waals surface area contributed by atoms with Gasteiger partial charge in [-0.25, -0.2) is 20.2 Å². The third kappa shape index (κ3) is 2.69. The van der Waals surface area contributed by atoms with Gasteiger partial charge in [-0.15, -0.1) is 0 Å². The van der Waals surface area contributed by atoms with Gasteiger partial charge in [0.2, 0.25) is 0 Å². The zero-order valence-corrected chi connectivity index (χ0v) is 11.3. The normalized spacial score (nSPS) is 10.2. The molecule has 0 amide bonds. The Hall–Kier alpha value is -1.44. The highest BCUT2D eigenvalue weighted by molar-refractivity contribution is 9.10. The van der Waals surface area contributed by atoms with Gasteiger partial charge < -0.3 is 10.7 Å². The molecule has 0 atom stereocenters. The highest BCUT2D eigenvalue weighted by Gasteiger charge is 2.08. The second-order valence-electron chi connectivity index (χ2n) is 3.28. The van der Waals surface area contributed by atoms with E-state index < -0.39 is 5.82 Å². The summed E-state index contributed by atoms with van der Waals surface area (Å²) in [4.78, 5) is 7.92. The molecule has 0 aliphatic carbocycles.